The Kier molecular flexibility index (Phi) is 42.6. The number of aliphatic hydroxyl groups is 7. The number of unbranched alkanes of at least 4 members (excludes halogenated alkanes) is 15. The molecule has 11 unspecified atom stereocenters. The van der Waals surface area contributed by atoms with Gasteiger partial charge in [0.1, 0.15) is 54.9 Å². The monoisotopic (exact) mass is 1060 g/mol. The van der Waals surface area contributed by atoms with Gasteiger partial charge in [0.25, 0.3) is 0 Å². The lowest BCUT2D eigenvalue weighted by Crippen LogP contribution is -2.61. The standard InChI is InChI=1S/C61H102O14/c1-3-5-7-9-11-13-15-17-19-21-22-23-24-25-26-27-29-31-33-35-37-39-41-43-45-70-47-50(73-53(63)44-42-40-38-36-34-32-30-28-20-18-16-14-12-10-8-6-4-2)48-71-60-59(69)57(67)55(65)52(75-60)49-72-61-58(68)56(66)54(64)51(46-62)74-61/h5,7,11-14,17-20,22-23,25-26,29,31,50-52,54-62,64-69H,3-4,6,8-10,15-16,21,24,27-28,30,32-49H2,1-2H3/b7-5-,13-11-,14-12-,19-17-,20-18-,23-22-,26-25-,31-29-. The van der Waals surface area contributed by atoms with Crippen molar-refractivity contribution in [3.05, 3.63) is 97.2 Å². The molecule has 2 saturated heterocycles. The third-order valence-corrected chi connectivity index (χ3v) is 13.1. The second-order valence-electron chi connectivity index (χ2n) is 19.7. The minimum Gasteiger partial charge on any atom is -0.457 e. The molecule has 0 amide bonds. The zero-order valence-electron chi connectivity index (χ0n) is 46.0. The summed E-state index contributed by atoms with van der Waals surface area (Å²) in [5.41, 5.74) is 0. The van der Waals surface area contributed by atoms with Gasteiger partial charge in [-0.15, -0.1) is 0 Å². The molecule has 430 valence electrons. The Labute approximate surface area is 452 Å². The van der Waals surface area contributed by atoms with Gasteiger partial charge in [0.05, 0.1) is 26.4 Å². The first kappa shape index (κ1) is 68.0. The van der Waals surface area contributed by atoms with Crippen LogP contribution in [0.2, 0.25) is 0 Å². The van der Waals surface area contributed by atoms with E-state index in [0.29, 0.717) is 13.0 Å². The average molecular weight is 1060 g/mol. The summed E-state index contributed by atoms with van der Waals surface area (Å²) in [6.07, 6.45) is 46.0. The van der Waals surface area contributed by atoms with E-state index in [1.54, 1.807) is 0 Å². The van der Waals surface area contributed by atoms with Crippen LogP contribution in [-0.4, -0.2) is 142 Å². The Morgan fingerprint density at radius 2 is 0.867 bits per heavy atom. The minimum atomic E-state index is -1.72. The van der Waals surface area contributed by atoms with E-state index in [-0.39, 0.29) is 19.6 Å². The third kappa shape index (κ3) is 33.7. The smallest absolute Gasteiger partial charge is 0.306 e. The molecule has 0 aromatic rings. The van der Waals surface area contributed by atoms with Gasteiger partial charge in [-0.25, -0.2) is 0 Å². The van der Waals surface area contributed by atoms with Crippen LogP contribution in [0, 0.1) is 0 Å². The molecule has 0 bridgehead atoms. The second-order valence-corrected chi connectivity index (χ2v) is 19.7. The first-order valence-corrected chi connectivity index (χ1v) is 28.8. The van der Waals surface area contributed by atoms with E-state index >= 15 is 0 Å². The average Bonchev–Trinajstić information content (AvgIpc) is 3.41. The van der Waals surface area contributed by atoms with Gasteiger partial charge in [-0.1, -0.05) is 175 Å². The van der Waals surface area contributed by atoms with E-state index < -0.39 is 86.7 Å². The fourth-order valence-electron chi connectivity index (χ4n) is 8.44. The van der Waals surface area contributed by atoms with E-state index in [1.165, 1.54) is 38.5 Å². The number of aliphatic hydroxyl groups excluding tert-OH is 7. The summed E-state index contributed by atoms with van der Waals surface area (Å²) in [5.74, 6) is -0.395. The molecule has 0 saturated carbocycles. The fourth-order valence-corrected chi connectivity index (χ4v) is 8.44. The van der Waals surface area contributed by atoms with Crippen LogP contribution in [0.15, 0.2) is 97.2 Å². The summed E-state index contributed by atoms with van der Waals surface area (Å²) < 4.78 is 34.3. The van der Waals surface area contributed by atoms with Crippen molar-refractivity contribution in [2.45, 2.75) is 248 Å². The molecule has 2 aliphatic rings. The summed E-state index contributed by atoms with van der Waals surface area (Å²) in [4.78, 5) is 13.1. The van der Waals surface area contributed by atoms with Crippen LogP contribution < -0.4 is 0 Å². The van der Waals surface area contributed by atoms with Gasteiger partial charge in [-0.05, 0) is 96.3 Å². The largest absolute Gasteiger partial charge is 0.457 e. The predicted octanol–water partition coefficient (Wildman–Crippen LogP) is 10.2. The van der Waals surface area contributed by atoms with Gasteiger partial charge in [0.2, 0.25) is 0 Å². The van der Waals surface area contributed by atoms with Crippen molar-refractivity contribution in [3.63, 3.8) is 0 Å². The molecule has 0 spiro atoms. The maximum absolute atomic E-state index is 13.1. The summed E-state index contributed by atoms with van der Waals surface area (Å²) in [5, 5.41) is 72.3. The van der Waals surface area contributed by atoms with E-state index in [4.69, 9.17) is 28.4 Å². The first-order chi connectivity index (χ1) is 36.6. The predicted molar refractivity (Wildman–Crippen MR) is 298 cm³/mol. The van der Waals surface area contributed by atoms with Crippen LogP contribution >= 0.6 is 0 Å². The highest BCUT2D eigenvalue weighted by molar-refractivity contribution is 5.69. The summed E-state index contributed by atoms with van der Waals surface area (Å²) in [6, 6.07) is 0. The van der Waals surface area contributed by atoms with Crippen molar-refractivity contribution in [3.8, 4) is 0 Å². The number of hydrogen-bond donors (Lipinski definition) is 7. The summed E-state index contributed by atoms with van der Waals surface area (Å²) in [6.45, 7) is 3.48. The van der Waals surface area contributed by atoms with E-state index in [2.05, 4.69) is 111 Å². The van der Waals surface area contributed by atoms with Crippen molar-refractivity contribution in [1.29, 1.82) is 0 Å². The molecule has 2 aliphatic heterocycles. The highest BCUT2D eigenvalue weighted by Crippen LogP contribution is 2.26. The number of hydrogen-bond acceptors (Lipinski definition) is 14. The van der Waals surface area contributed by atoms with Gasteiger partial charge in [-0.2, -0.15) is 0 Å². The molecular formula is C61H102O14. The van der Waals surface area contributed by atoms with Crippen molar-refractivity contribution in [2.24, 2.45) is 0 Å². The molecule has 7 N–H and O–H groups in total. The quantitative estimate of drug-likeness (QED) is 0.0172. The Hall–Kier alpha value is -3.09. The summed E-state index contributed by atoms with van der Waals surface area (Å²) in [7, 11) is 0. The first-order valence-electron chi connectivity index (χ1n) is 28.8. The topological polar surface area (TPSA) is 214 Å². The maximum atomic E-state index is 13.1. The third-order valence-electron chi connectivity index (χ3n) is 13.1. The molecule has 2 rings (SSSR count). The van der Waals surface area contributed by atoms with E-state index in [1.807, 2.05) is 0 Å². The van der Waals surface area contributed by atoms with E-state index in [9.17, 15) is 40.5 Å². The summed E-state index contributed by atoms with van der Waals surface area (Å²) >= 11 is 0. The SMILES string of the molecule is CC/C=C\C/C=C\C/C=C\C/C=C\C/C=C\C/C=C\CCCCCCCOCC(COC1OC(COC2OC(CO)C(O)C(O)C2O)C(O)C(O)C1O)OC(=O)CCCCCCCCC/C=C\C/C=C\CCCCC. The number of allylic oxidation sites excluding steroid dienone is 16. The minimum absolute atomic E-state index is 0.0387. The van der Waals surface area contributed by atoms with Crippen molar-refractivity contribution in [1.82, 2.24) is 0 Å². The van der Waals surface area contributed by atoms with Gasteiger partial charge < -0.3 is 64.2 Å². The zero-order valence-corrected chi connectivity index (χ0v) is 46.0. The lowest BCUT2D eigenvalue weighted by molar-refractivity contribution is -0.332. The van der Waals surface area contributed by atoms with Crippen LogP contribution in [0.1, 0.15) is 181 Å². The van der Waals surface area contributed by atoms with Crippen LogP contribution in [0.3, 0.4) is 0 Å². The Bertz CT molecular complexity index is 1610. The fraction of sp³-hybridized carbons (Fsp3) is 0.721. The van der Waals surface area contributed by atoms with Crippen LogP contribution in [-0.2, 0) is 33.2 Å². The molecule has 14 nitrogen and oxygen atoms in total. The van der Waals surface area contributed by atoms with Crippen LogP contribution in [0.5, 0.6) is 0 Å². The van der Waals surface area contributed by atoms with Crippen molar-refractivity contribution < 1.29 is 69.0 Å². The number of esters is 1. The Morgan fingerprint density at radius 3 is 1.36 bits per heavy atom. The molecule has 11 atom stereocenters. The lowest BCUT2D eigenvalue weighted by Gasteiger charge is -2.42. The highest BCUT2D eigenvalue weighted by Gasteiger charge is 2.47. The molecule has 2 heterocycles. The Balaban J connectivity index is 1.74. The van der Waals surface area contributed by atoms with E-state index in [0.717, 1.165) is 116 Å². The maximum Gasteiger partial charge on any atom is 0.306 e. The van der Waals surface area contributed by atoms with Gasteiger partial charge in [0, 0.05) is 13.0 Å². The normalized spacial score (nSPS) is 25.3. The molecule has 0 aromatic carbocycles. The number of carbonyl (C=O) groups excluding carboxylic acids is 1. The number of carbonyl (C=O) groups is 1. The molecule has 0 radical (unpaired) electrons. The number of rotatable bonds is 45. The highest BCUT2D eigenvalue weighted by atomic mass is 16.7. The zero-order chi connectivity index (χ0) is 54.4. The number of ether oxygens (including phenoxy) is 6. The van der Waals surface area contributed by atoms with Gasteiger partial charge in [0.15, 0.2) is 12.6 Å². The van der Waals surface area contributed by atoms with Gasteiger partial charge >= 0.3 is 5.97 Å². The molecule has 0 aromatic heterocycles. The van der Waals surface area contributed by atoms with Crippen molar-refractivity contribution >= 4 is 5.97 Å². The van der Waals surface area contributed by atoms with Crippen molar-refractivity contribution in [2.75, 3.05) is 33.0 Å². The van der Waals surface area contributed by atoms with Crippen LogP contribution in [0.4, 0.5) is 0 Å². The molecule has 14 heteroatoms. The lowest BCUT2D eigenvalue weighted by atomic mass is 9.98. The Morgan fingerprint density at radius 1 is 0.453 bits per heavy atom. The molecule has 0 aliphatic carbocycles. The molecule has 2 fully saturated rings. The van der Waals surface area contributed by atoms with Gasteiger partial charge in [-0.3, -0.25) is 4.79 Å². The molecule has 75 heavy (non-hydrogen) atoms. The van der Waals surface area contributed by atoms with Crippen LogP contribution in [0.25, 0.3) is 0 Å². The molecular weight excluding hydrogens is 957 g/mol. The second kappa shape index (κ2) is 47.0.